The van der Waals surface area contributed by atoms with Gasteiger partial charge in [-0.25, -0.2) is 4.79 Å². The van der Waals surface area contributed by atoms with E-state index in [0.29, 0.717) is 0 Å². The molecule has 1 N–H and O–H groups in total. The second-order valence-electron chi connectivity index (χ2n) is 6.26. The molecule has 140 valence electrons. The van der Waals surface area contributed by atoms with Crippen molar-refractivity contribution >= 4 is 29.3 Å². The third kappa shape index (κ3) is 6.81. The molecule has 2 amide bonds. The van der Waals surface area contributed by atoms with Gasteiger partial charge in [-0.15, -0.1) is 0 Å². The normalized spacial score (nSPS) is 11.8. The monoisotopic (exact) mass is 380 g/mol. The highest BCUT2D eigenvalue weighted by Gasteiger charge is 2.34. The summed E-state index contributed by atoms with van der Waals surface area (Å²) in [6.45, 7) is 6.30. The molecule has 0 radical (unpaired) electrons. The lowest BCUT2D eigenvalue weighted by Crippen LogP contribution is -2.39. The number of carbonyl (C=O) groups is 2. The molecule has 0 aromatic heterocycles. The van der Waals surface area contributed by atoms with E-state index in [1.807, 2.05) is 0 Å². The zero-order valence-electron chi connectivity index (χ0n) is 14.3. The van der Waals surface area contributed by atoms with Crippen LogP contribution in [0.3, 0.4) is 0 Å². The van der Waals surface area contributed by atoms with E-state index in [9.17, 15) is 22.8 Å². The average molecular weight is 381 g/mol. The van der Waals surface area contributed by atoms with Crippen molar-refractivity contribution in [2.24, 2.45) is 0 Å². The zero-order valence-corrected chi connectivity index (χ0v) is 15.1. The number of carbonyl (C=O) groups excluding carboxylic acids is 2. The Balaban J connectivity index is 2.85. The van der Waals surface area contributed by atoms with Gasteiger partial charge in [-0.1, -0.05) is 11.6 Å². The molecule has 1 aromatic rings. The van der Waals surface area contributed by atoms with Crippen molar-refractivity contribution in [2.75, 3.05) is 18.0 Å². The van der Waals surface area contributed by atoms with Crippen LogP contribution in [0.2, 0.25) is 5.02 Å². The summed E-state index contributed by atoms with van der Waals surface area (Å²) in [6, 6.07) is 3.20. The van der Waals surface area contributed by atoms with Gasteiger partial charge in [-0.2, -0.15) is 13.2 Å². The summed E-state index contributed by atoms with van der Waals surface area (Å²) in [5, 5.41) is 2.00. The molecule has 0 atom stereocenters. The minimum Gasteiger partial charge on any atom is -0.444 e. The van der Waals surface area contributed by atoms with Crippen molar-refractivity contribution in [1.82, 2.24) is 5.32 Å². The Bertz CT molecular complexity index is 642. The first-order valence-corrected chi connectivity index (χ1v) is 7.81. The van der Waals surface area contributed by atoms with E-state index >= 15 is 0 Å². The van der Waals surface area contributed by atoms with Gasteiger partial charge in [-0.3, -0.25) is 4.79 Å². The maximum absolute atomic E-state index is 12.9. The van der Waals surface area contributed by atoms with Gasteiger partial charge in [0.2, 0.25) is 5.91 Å². The maximum atomic E-state index is 12.9. The first kappa shape index (κ1) is 21.1. The molecule has 1 aromatic carbocycles. The molecule has 0 fully saturated rings. The number of rotatable bonds is 4. The Morgan fingerprint density at radius 1 is 1.24 bits per heavy atom. The summed E-state index contributed by atoms with van der Waals surface area (Å²) in [5.41, 5.74) is -1.67. The van der Waals surface area contributed by atoms with Crippen molar-refractivity contribution < 1.29 is 27.5 Å². The number of ether oxygens (including phenoxy) is 1. The summed E-state index contributed by atoms with van der Waals surface area (Å²) in [4.78, 5) is 24.5. The van der Waals surface area contributed by atoms with Gasteiger partial charge < -0.3 is 15.0 Å². The summed E-state index contributed by atoms with van der Waals surface area (Å²) >= 11 is 5.58. The zero-order chi connectivity index (χ0) is 19.4. The third-order valence-corrected chi connectivity index (χ3v) is 3.28. The van der Waals surface area contributed by atoms with Crippen LogP contribution in [0.25, 0.3) is 0 Å². The predicted molar refractivity (Wildman–Crippen MR) is 88.7 cm³/mol. The van der Waals surface area contributed by atoms with Gasteiger partial charge in [0.1, 0.15) is 5.60 Å². The van der Waals surface area contributed by atoms with E-state index in [1.54, 1.807) is 20.8 Å². The van der Waals surface area contributed by atoms with Gasteiger partial charge in [-0.05, 0) is 39.0 Å². The van der Waals surface area contributed by atoms with Crippen LogP contribution in [-0.4, -0.2) is 30.7 Å². The number of halogens is 4. The molecule has 0 unspecified atom stereocenters. The molecule has 0 heterocycles. The number of alkyl halides is 3. The Labute approximate surface area is 149 Å². The molecule has 25 heavy (non-hydrogen) atoms. The number of hydrogen-bond acceptors (Lipinski definition) is 3. The van der Waals surface area contributed by atoms with Crippen LogP contribution in [0.4, 0.5) is 23.7 Å². The number of hydrogen-bond donors (Lipinski definition) is 1. The van der Waals surface area contributed by atoms with Crippen molar-refractivity contribution in [3.05, 3.63) is 28.8 Å². The van der Waals surface area contributed by atoms with Gasteiger partial charge in [0.15, 0.2) is 0 Å². The molecule has 9 heteroatoms. The smallest absolute Gasteiger partial charge is 0.417 e. The van der Waals surface area contributed by atoms with Crippen LogP contribution >= 0.6 is 11.6 Å². The van der Waals surface area contributed by atoms with Crippen molar-refractivity contribution in [1.29, 1.82) is 0 Å². The summed E-state index contributed by atoms with van der Waals surface area (Å²) in [5.74, 6) is -0.471. The SMILES string of the molecule is CC(=O)N(CCNC(=O)OC(C)(C)C)c1ccc(Cl)c(C(F)(F)F)c1. The molecule has 0 aliphatic carbocycles. The number of anilines is 1. The van der Waals surface area contributed by atoms with Crippen molar-refractivity contribution in [2.45, 2.75) is 39.5 Å². The fraction of sp³-hybridized carbons (Fsp3) is 0.500. The lowest BCUT2D eigenvalue weighted by molar-refractivity contribution is -0.137. The first-order valence-electron chi connectivity index (χ1n) is 7.43. The standard InChI is InChI=1S/C16H20ClF3N2O3/c1-10(23)22(8-7-21-14(24)25-15(2,3)4)11-5-6-13(17)12(9-11)16(18,19)20/h5-6,9H,7-8H2,1-4H3,(H,21,24). The fourth-order valence-electron chi connectivity index (χ4n) is 1.95. The number of benzene rings is 1. The fourth-order valence-corrected chi connectivity index (χ4v) is 2.18. The lowest BCUT2D eigenvalue weighted by Gasteiger charge is -2.24. The van der Waals surface area contributed by atoms with Gasteiger partial charge in [0.25, 0.3) is 0 Å². The molecule has 0 bridgehead atoms. The van der Waals surface area contributed by atoms with Gasteiger partial charge >= 0.3 is 12.3 Å². The number of alkyl carbamates (subject to hydrolysis) is 1. The van der Waals surface area contributed by atoms with Crippen LogP contribution < -0.4 is 10.2 Å². The Morgan fingerprint density at radius 3 is 2.32 bits per heavy atom. The first-order chi connectivity index (χ1) is 11.3. The van der Waals surface area contributed by atoms with E-state index in [2.05, 4.69) is 5.32 Å². The van der Waals surface area contributed by atoms with Crippen molar-refractivity contribution in [3.8, 4) is 0 Å². The molecule has 0 aliphatic heterocycles. The van der Waals surface area contributed by atoms with Crippen LogP contribution in [0.1, 0.15) is 33.3 Å². The highest BCUT2D eigenvalue weighted by atomic mass is 35.5. The highest BCUT2D eigenvalue weighted by molar-refractivity contribution is 6.31. The maximum Gasteiger partial charge on any atom is 0.417 e. The minimum atomic E-state index is -4.63. The predicted octanol–water partition coefficient (Wildman–Crippen LogP) is 4.24. The Hall–Kier alpha value is -1.96. The number of amides is 2. The number of nitrogens with one attached hydrogen (secondary N) is 1. The molecule has 0 aliphatic rings. The molecule has 1 rings (SSSR count). The third-order valence-electron chi connectivity index (χ3n) is 2.95. The molecule has 0 spiro atoms. The van der Waals surface area contributed by atoms with Crippen molar-refractivity contribution in [3.63, 3.8) is 0 Å². The summed E-state index contributed by atoms with van der Waals surface area (Å²) < 4.78 is 43.9. The van der Waals surface area contributed by atoms with Crippen LogP contribution in [0.15, 0.2) is 18.2 Å². The second kappa shape index (κ2) is 7.95. The highest BCUT2D eigenvalue weighted by Crippen LogP contribution is 2.36. The van der Waals surface area contributed by atoms with Crippen LogP contribution in [0, 0.1) is 0 Å². The van der Waals surface area contributed by atoms with Crippen LogP contribution in [0.5, 0.6) is 0 Å². The summed E-state index contributed by atoms with van der Waals surface area (Å²) in [7, 11) is 0. The lowest BCUT2D eigenvalue weighted by atomic mass is 10.1. The number of nitrogens with zero attached hydrogens (tertiary/aromatic N) is 1. The minimum absolute atomic E-state index is 0.0124. The second-order valence-corrected chi connectivity index (χ2v) is 6.67. The molecule has 0 saturated carbocycles. The molecule has 0 saturated heterocycles. The average Bonchev–Trinajstić information content (AvgIpc) is 2.41. The molecule has 5 nitrogen and oxygen atoms in total. The quantitative estimate of drug-likeness (QED) is 0.850. The van der Waals surface area contributed by atoms with Gasteiger partial charge in [0.05, 0.1) is 10.6 Å². The Morgan fingerprint density at radius 2 is 1.84 bits per heavy atom. The molecular weight excluding hydrogens is 361 g/mol. The Kier molecular flexibility index (Phi) is 6.70. The van der Waals surface area contributed by atoms with E-state index in [4.69, 9.17) is 16.3 Å². The van der Waals surface area contributed by atoms with E-state index in [-0.39, 0.29) is 18.8 Å². The largest absolute Gasteiger partial charge is 0.444 e. The summed E-state index contributed by atoms with van der Waals surface area (Å²) in [6.07, 6.45) is -5.31. The topological polar surface area (TPSA) is 58.6 Å². The molecular formula is C16H20ClF3N2O3. The van der Waals surface area contributed by atoms with Crippen LogP contribution in [-0.2, 0) is 15.7 Å². The van der Waals surface area contributed by atoms with Gasteiger partial charge in [0, 0.05) is 25.7 Å². The van der Waals surface area contributed by atoms with E-state index < -0.39 is 34.4 Å². The van der Waals surface area contributed by atoms with E-state index in [1.165, 1.54) is 13.0 Å². The van der Waals surface area contributed by atoms with E-state index in [0.717, 1.165) is 17.0 Å².